The minimum Gasteiger partial charge on any atom is -0.470 e. The number of hydrogen-bond acceptors (Lipinski definition) is 13. The summed E-state index contributed by atoms with van der Waals surface area (Å²) in [4.78, 5) is 57.5. The molecule has 14 heteroatoms. The standard InChI is InChI=1S/C27H36N2O5Si.C15H18N2O4.CH4/c1-17-14-15-19-21(29(5)6)22-20(25(28-33-22)32-16-18-12-10-9-11-13-18)24(31)27(19,23(17)30)34-35(7,8)26(2,3)4;1-7-5-6-9-11(17(3)4)12-10(8(2)16-21-12)14(19)15(9,20)13(7)18;/h9-14,19,21H,15-16H2,1-8H3;5,9,11,20H,6H2,1-4H3;1H4/t19-,21-,27-;9-,11-,15-;/m00./s1. The van der Waals surface area contributed by atoms with Crippen LogP contribution in [0.2, 0.25) is 18.1 Å². The highest BCUT2D eigenvalue weighted by atomic mass is 28.4. The fourth-order valence-electron chi connectivity index (χ4n) is 8.35. The Morgan fingerprint density at radius 1 is 0.789 bits per heavy atom. The van der Waals surface area contributed by atoms with Gasteiger partial charge in [-0.15, -0.1) is 0 Å². The van der Waals surface area contributed by atoms with Gasteiger partial charge in [-0.2, -0.15) is 0 Å². The van der Waals surface area contributed by atoms with Gasteiger partial charge < -0.3 is 23.3 Å². The van der Waals surface area contributed by atoms with Crippen LogP contribution < -0.4 is 4.74 Å². The van der Waals surface area contributed by atoms with Crippen LogP contribution in [0.5, 0.6) is 5.88 Å². The van der Waals surface area contributed by atoms with Crippen molar-refractivity contribution >= 4 is 31.5 Å². The van der Waals surface area contributed by atoms with Crippen LogP contribution >= 0.6 is 0 Å². The van der Waals surface area contributed by atoms with Crippen molar-refractivity contribution in [3.8, 4) is 5.88 Å². The van der Waals surface area contributed by atoms with Crippen molar-refractivity contribution in [2.45, 2.75) is 110 Å². The lowest BCUT2D eigenvalue weighted by molar-refractivity contribution is -0.138. The Morgan fingerprint density at radius 2 is 1.32 bits per heavy atom. The Kier molecular flexibility index (Phi) is 11.9. The number of rotatable bonds is 7. The Balaban J connectivity index is 0.000000241. The van der Waals surface area contributed by atoms with Gasteiger partial charge in [0.1, 0.15) is 12.2 Å². The first kappa shape index (κ1) is 43.8. The number of aliphatic hydroxyl groups is 1. The van der Waals surface area contributed by atoms with Crippen LogP contribution in [0.1, 0.15) is 110 Å². The van der Waals surface area contributed by atoms with E-state index in [2.05, 4.69) is 44.2 Å². The molecule has 0 unspecified atom stereocenters. The number of carbonyl (C=O) groups excluding carboxylic acids is 4. The summed E-state index contributed by atoms with van der Waals surface area (Å²) in [6, 6.07) is 8.92. The fourth-order valence-corrected chi connectivity index (χ4v) is 9.80. The van der Waals surface area contributed by atoms with Gasteiger partial charge in [-0.05, 0) is 102 Å². The van der Waals surface area contributed by atoms with E-state index >= 15 is 0 Å². The highest BCUT2D eigenvalue weighted by Crippen LogP contribution is 2.55. The summed E-state index contributed by atoms with van der Waals surface area (Å²) < 4.78 is 24.0. The molecule has 0 radical (unpaired) electrons. The van der Waals surface area contributed by atoms with Crippen molar-refractivity contribution in [1.29, 1.82) is 0 Å². The number of benzene rings is 1. The number of allylic oxidation sites excluding steroid dienone is 2. The number of aryl methyl sites for hydroxylation is 1. The van der Waals surface area contributed by atoms with Crippen molar-refractivity contribution in [2.24, 2.45) is 11.8 Å². The maximum Gasteiger partial charge on any atom is 0.265 e. The van der Waals surface area contributed by atoms with E-state index in [9.17, 15) is 24.3 Å². The van der Waals surface area contributed by atoms with Gasteiger partial charge in [0.25, 0.3) is 5.88 Å². The van der Waals surface area contributed by atoms with E-state index in [4.69, 9.17) is 18.2 Å². The minimum atomic E-state index is -2.56. The van der Waals surface area contributed by atoms with Gasteiger partial charge in [-0.3, -0.25) is 29.0 Å². The lowest BCUT2D eigenvalue weighted by Crippen LogP contribution is -2.66. The number of fused-ring (bicyclic) bond motifs is 4. The zero-order chi connectivity index (χ0) is 41.3. The Hall–Kier alpha value is -4.34. The van der Waals surface area contributed by atoms with Gasteiger partial charge in [0.2, 0.25) is 11.6 Å². The molecule has 0 saturated heterocycles. The van der Waals surface area contributed by atoms with E-state index in [0.29, 0.717) is 41.2 Å². The highest BCUT2D eigenvalue weighted by Gasteiger charge is 2.66. The molecule has 308 valence electrons. The molecule has 2 aromatic heterocycles. The number of aromatic nitrogens is 2. The predicted molar refractivity (Wildman–Crippen MR) is 216 cm³/mol. The third-order valence-electron chi connectivity index (χ3n) is 12.4. The molecule has 6 atom stereocenters. The van der Waals surface area contributed by atoms with Crippen LogP contribution in [0.25, 0.3) is 0 Å². The summed E-state index contributed by atoms with van der Waals surface area (Å²) in [6.45, 7) is 15.7. The molecule has 0 amide bonds. The van der Waals surface area contributed by atoms with Crippen molar-refractivity contribution in [3.63, 3.8) is 0 Å². The maximum atomic E-state index is 14.4. The molecule has 0 saturated carbocycles. The topological polar surface area (TPSA) is 166 Å². The van der Waals surface area contributed by atoms with Crippen LogP contribution in [-0.2, 0) is 20.6 Å². The largest absolute Gasteiger partial charge is 0.470 e. The molecule has 0 fully saturated rings. The molecule has 4 aliphatic rings. The van der Waals surface area contributed by atoms with Gasteiger partial charge in [-0.25, -0.2) is 0 Å². The lowest BCUT2D eigenvalue weighted by Gasteiger charge is -2.52. The Labute approximate surface area is 336 Å². The first-order valence-corrected chi connectivity index (χ1v) is 21.9. The number of Topliss-reactive ketones (excluding diaryl/α,β-unsaturated/α-hetero) is 4. The van der Waals surface area contributed by atoms with Crippen LogP contribution in [-0.4, -0.2) is 96.1 Å². The zero-order valence-corrected chi connectivity index (χ0v) is 35.5. The number of ether oxygens (including phenoxy) is 1. The van der Waals surface area contributed by atoms with Crippen LogP contribution in [0, 0.1) is 18.8 Å². The van der Waals surface area contributed by atoms with E-state index in [-0.39, 0.29) is 53.9 Å². The third-order valence-corrected chi connectivity index (χ3v) is 16.8. The van der Waals surface area contributed by atoms with Gasteiger partial charge in [-0.1, -0.05) is 75.8 Å². The number of ketones is 4. The van der Waals surface area contributed by atoms with Crippen LogP contribution in [0.3, 0.4) is 0 Å². The minimum absolute atomic E-state index is 0. The summed E-state index contributed by atoms with van der Waals surface area (Å²) in [6.07, 6.45) is 4.67. The van der Waals surface area contributed by atoms with Gasteiger partial charge in [0.05, 0.1) is 23.3 Å². The summed E-state index contributed by atoms with van der Waals surface area (Å²) in [5, 5.41) is 18.8. The average Bonchev–Trinajstić information content (AvgIpc) is 3.73. The number of nitrogens with zero attached hydrogens (tertiary/aromatic N) is 4. The highest BCUT2D eigenvalue weighted by molar-refractivity contribution is 6.74. The Bertz CT molecular complexity index is 2130. The van der Waals surface area contributed by atoms with Crippen molar-refractivity contribution < 1.29 is 42.5 Å². The van der Waals surface area contributed by atoms with Crippen molar-refractivity contribution in [2.75, 3.05) is 28.2 Å². The molecule has 57 heavy (non-hydrogen) atoms. The molecular formula is C43H58N4O9Si. The summed E-state index contributed by atoms with van der Waals surface area (Å²) in [5.41, 5.74) is -0.858. The van der Waals surface area contributed by atoms with Gasteiger partial charge in [0.15, 0.2) is 42.6 Å². The summed E-state index contributed by atoms with van der Waals surface area (Å²) >= 11 is 0. The fraction of sp³-hybridized carbons (Fsp3) is 0.535. The third kappa shape index (κ3) is 6.92. The molecule has 3 aromatic rings. The second-order valence-electron chi connectivity index (χ2n) is 17.5. The molecular weight excluding hydrogens is 745 g/mol. The van der Waals surface area contributed by atoms with E-state index in [1.807, 2.05) is 74.4 Å². The molecule has 1 N–H and O–H groups in total. The molecule has 0 aliphatic heterocycles. The first-order valence-electron chi connectivity index (χ1n) is 19.0. The van der Waals surface area contributed by atoms with Crippen molar-refractivity contribution in [3.05, 3.63) is 87.5 Å². The van der Waals surface area contributed by atoms with Crippen LogP contribution in [0.15, 0.2) is 62.7 Å². The van der Waals surface area contributed by atoms with Gasteiger partial charge in [0, 0.05) is 11.8 Å². The lowest BCUT2D eigenvalue weighted by atomic mass is 9.63. The molecule has 0 spiro atoms. The van der Waals surface area contributed by atoms with E-state index < -0.39 is 48.7 Å². The average molecular weight is 803 g/mol. The molecule has 1 aromatic carbocycles. The molecule has 13 nitrogen and oxygen atoms in total. The van der Waals surface area contributed by atoms with Crippen molar-refractivity contribution in [1.82, 2.24) is 20.1 Å². The van der Waals surface area contributed by atoms with E-state index in [1.165, 1.54) is 0 Å². The zero-order valence-electron chi connectivity index (χ0n) is 34.5. The summed E-state index contributed by atoms with van der Waals surface area (Å²) in [5.74, 6) is -1.77. The van der Waals surface area contributed by atoms with E-state index in [1.54, 1.807) is 26.8 Å². The second kappa shape index (κ2) is 15.4. The first-order chi connectivity index (χ1) is 26.1. The normalized spacial score (nSPS) is 27.0. The molecule has 0 bridgehead atoms. The van der Waals surface area contributed by atoms with Crippen LogP contribution in [0.4, 0.5) is 0 Å². The Morgan fingerprint density at radius 3 is 1.89 bits per heavy atom. The van der Waals surface area contributed by atoms with E-state index in [0.717, 1.165) is 5.56 Å². The number of hydrogen-bond donors (Lipinski definition) is 1. The molecule has 2 heterocycles. The smallest absolute Gasteiger partial charge is 0.265 e. The molecule has 7 rings (SSSR count). The molecule has 4 aliphatic carbocycles. The predicted octanol–water partition coefficient (Wildman–Crippen LogP) is 7.03. The maximum absolute atomic E-state index is 14.4. The SMILES string of the molecule is C.CC1=CC[C@H]2[C@H](N(C)C)c3onc(C)c3C(=O)[C@@]2(O)C1=O.CC1=CC[C@H]2[C@H](N(C)C)c3onc(OCc4ccccc4)c3C(=O)[C@@]2(O[Si](C)(C)C(C)(C)C)C1=O. The van der Waals surface area contributed by atoms with Gasteiger partial charge >= 0.3 is 0 Å². The summed E-state index contributed by atoms with van der Waals surface area (Å²) in [7, 11) is 4.95. The second-order valence-corrected chi connectivity index (χ2v) is 22.2. The number of carbonyl (C=O) groups is 4. The monoisotopic (exact) mass is 802 g/mol. The quantitative estimate of drug-likeness (QED) is 0.191.